The van der Waals surface area contributed by atoms with E-state index in [1.54, 1.807) is 0 Å². The Morgan fingerprint density at radius 3 is 2.55 bits per heavy atom. The van der Waals surface area contributed by atoms with Gasteiger partial charge in [-0.25, -0.2) is 0 Å². The van der Waals surface area contributed by atoms with Gasteiger partial charge >= 0.3 is 0 Å². The first-order chi connectivity index (χ1) is 9.60. The lowest BCUT2D eigenvalue weighted by atomic mass is 9.70. The van der Waals surface area contributed by atoms with Crippen molar-refractivity contribution in [2.75, 3.05) is 0 Å². The molecule has 0 radical (unpaired) electrons. The molecule has 2 aromatic rings. The topological polar surface area (TPSA) is 38.9 Å². The van der Waals surface area contributed by atoms with Crippen LogP contribution in [-0.4, -0.2) is 4.98 Å². The van der Waals surface area contributed by atoms with Crippen molar-refractivity contribution in [1.82, 2.24) is 4.98 Å². The van der Waals surface area contributed by atoms with Crippen LogP contribution in [0.3, 0.4) is 0 Å². The van der Waals surface area contributed by atoms with E-state index in [-0.39, 0.29) is 5.54 Å². The van der Waals surface area contributed by atoms with Gasteiger partial charge in [0.15, 0.2) is 0 Å². The molecule has 2 N–H and O–H groups in total. The third-order valence-corrected chi connectivity index (χ3v) is 5.07. The van der Waals surface area contributed by atoms with Crippen molar-refractivity contribution in [2.24, 2.45) is 17.6 Å². The number of pyridine rings is 1. The van der Waals surface area contributed by atoms with Crippen molar-refractivity contribution in [1.29, 1.82) is 0 Å². The Morgan fingerprint density at radius 2 is 1.85 bits per heavy atom. The molecule has 1 aromatic heterocycles. The minimum atomic E-state index is -0.195. The number of nitrogens with two attached hydrogens (primary N) is 1. The maximum absolute atomic E-state index is 6.77. The first kappa shape index (κ1) is 13.6. The number of hydrogen-bond donors (Lipinski definition) is 1. The van der Waals surface area contributed by atoms with Crippen LogP contribution in [0.4, 0.5) is 0 Å². The summed E-state index contributed by atoms with van der Waals surface area (Å²) >= 11 is 0. The van der Waals surface area contributed by atoms with Crippen LogP contribution in [0.2, 0.25) is 0 Å². The van der Waals surface area contributed by atoms with E-state index in [0.717, 1.165) is 24.7 Å². The zero-order chi connectivity index (χ0) is 14.2. The van der Waals surface area contributed by atoms with Gasteiger partial charge in [0.1, 0.15) is 0 Å². The molecule has 2 heteroatoms. The summed E-state index contributed by atoms with van der Waals surface area (Å²) in [5, 5.41) is 2.47. The Labute approximate surface area is 121 Å². The van der Waals surface area contributed by atoms with E-state index in [0.29, 0.717) is 0 Å². The highest BCUT2D eigenvalue weighted by atomic mass is 14.8. The third-order valence-electron chi connectivity index (χ3n) is 5.07. The van der Waals surface area contributed by atoms with E-state index in [1.807, 2.05) is 12.4 Å². The summed E-state index contributed by atoms with van der Waals surface area (Å²) in [4.78, 5) is 4.41. The van der Waals surface area contributed by atoms with Crippen LogP contribution in [0.25, 0.3) is 10.8 Å². The first-order valence-corrected chi connectivity index (χ1v) is 7.72. The second kappa shape index (κ2) is 5.17. The molecule has 0 spiro atoms. The second-order valence-electron chi connectivity index (χ2n) is 6.65. The summed E-state index contributed by atoms with van der Waals surface area (Å²) in [6, 6.07) is 8.45. The molecule has 1 heterocycles. The van der Waals surface area contributed by atoms with Gasteiger partial charge in [0, 0.05) is 23.3 Å². The summed E-state index contributed by atoms with van der Waals surface area (Å²) in [5.74, 6) is 1.60. The number of aromatic nitrogens is 1. The molecular formula is C18H24N2. The Kier molecular flexibility index (Phi) is 3.51. The van der Waals surface area contributed by atoms with Gasteiger partial charge in [0.25, 0.3) is 0 Å². The van der Waals surface area contributed by atoms with Gasteiger partial charge in [-0.15, -0.1) is 0 Å². The van der Waals surface area contributed by atoms with Gasteiger partial charge in [-0.2, -0.15) is 0 Å². The van der Waals surface area contributed by atoms with Crippen LogP contribution in [-0.2, 0) is 5.54 Å². The highest BCUT2D eigenvalue weighted by Gasteiger charge is 2.35. The molecule has 106 valence electrons. The predicted octanol–water partition coefficient (Wildman–Crippen LogP) is 4.24. The SMILES string of the molecule is CC(C)C1CCC(N)(c2cncc3ccccc23)CC1. The van der Waals surface area contributed by atoms with E-state index in [9.17, 15) is 0 Å². The number of rotatable bonds is 2. The zero-order valence-corrected chi connectivity index (χ0v) is 12.5. The van der Waals surface area contributed by atoms with Crippen LogP contribution in [0.15, 0.2) is 36.7 Å². The predicted molar refractivity (Wildman–Crippen MR) is 84.4 cm³/mol. The molecule has 0 saturated heterocycles. The number of nitrogens with zero attached hydrogens (tertiary/aromatic N) is 1. The van der Waals surface area contributed by atoms with Gasteiger partial charge in [-0.05, 0) is 48.5 Å². The van der Waals surface area contributed by atoms with Gasteiger partial charge in [-0.1, -0.05) is 38.1 Å². The van der Waals surface area contributed by atoms with Crippen molar-refractivity contribution in [3.63, 3.8) is 0 Å². The van der Waals surface area contributed by atoms with Crippen molar-refractivity contribution < 1.29 is 0 Å². The van der Waals surface area contributed by atoms with Gasteiger partial charge < -0.3 is 5.73 Å². The molecule has 2 nitrogen and oxygen atoms in total. The fraction of sp³-hybridized carbons (Fsp3) is 0.500. The summed E-state index contributed by atoms with van der Waals surface area (Å²) in [6.45, 7) is 4.65. The van der Waals surface area contributed by atoms with Crippen LogP contribution in [0.5, 0.6) is 0 Å². The fourth-order valence-electron chi connectivity index (χ4n) is 3.60. The maximum atomic E-state index is 6.77. The normalized spacial score (nSPS) is 27.1. The van der Waals surface area contributed by atoms with Gasteiger partial charge in [0.2, 0.25) is 0 Å². The minimum Gasteiger partial charge on any atom is -0.321 e. The highest BCUT2D eigenvalue weighted by molar-refractivity contribution is 5.85. The molecule has 0 amide bonds. The maximum Gasteiger partial charge on any atom is 0.0431 e. The van der Waals surface area contributed by atoms with E-state index in [4.69, 9.17) is 5.73 Å². The smallest absolute Gasteiger partial charge is 0.0431 e. The van der Waals surface area contributed by atoms with Crippen molar-refractivity contribution in [2.45, 2.75) is 45.1 Å². The molecule has 0 unspecified atom stereocenters. The Morgan fingerprint density at radius 1 is 1.15 bits per heavy atom. The molecule has 20 heavy (non-hydrogen) atoms. The highest BCUT2D eigenvalue weighted by Crippen LogP contribution is 2.41. The Hall–Kier alpha value is -1.41. The average Bonchev–Trinajstić information content (AvgIpc) is 2.47. The van der Waals surface area contributed by atoms with E-state index in [1.165, 1.54) is 29.2 Å². The summed E-state index contributed by atoms with van der Waals surface area (Å²) < 4.78 is 0. The molecule has 0 bridgehead atoms. The van der Waals surface area contributed by atoms with Crippen molar-refractivity contribution >= 4 is 10.8 Å². The third kappa shape index (κ3) is 2.33. The van der Waals surface area contributed by atoms with Crippen molar-refractivity contribution in [3.05, 3.63) is 42.2 Å². The molecule has 1 saturated carbocycles. The molecule has 1 aromatic carbocycles. The summed E-state index contributed by atoms with van der Waals surface area (Å²) in [7, 11) is 0. The summed E-state index contributed by atoms with van der Waals surface area (Å²) in [5.41, 5.74) is 7.81. The van der Waals surface area contributed by atoms with E-state index >= 15 is 0 Å². The molecule has 3 rings (SSSR count). The monoisotopic (exact) mass is 268 g/mol. The quantitative estimate of drug-likeness (QED) is 0.885. The molecule has 0 atom stereocenters. The minimum absolute atomic E-state index is 0.195. The van der Waals surface area contributed by atoms with Gasteiger partial charge in [-0.3, -0.25) is 4.98 Å². The first-order valence-electron chi connectivity index (χ1n) is 7.72. The lowest BCUT2D eigenvalue weighted by Crippen LogP contribution is -2.41. The molecule has 0 aliphatic heterocycles. The molecular weight excluding hydrogens is 244 g/mol. The lowest BCUT2D eigenvalue weighted by Gasteiger charge is -2.39. The zero-order valence-electron chi connectivity index (χ0n) is 12.5. The number of benzene rings is 1. The lowest BCUT2D eigenvalue weighted by molar-refractivity contribution is 0.197. The van der Waals surface area contributed by atoms with Crippen LogP contribution < -0.4 is 5.73 Å². The van der Waals surface area contributed by atoms with Crippen LogP contribution in [0.1, 0.15) is 45.1 Å². The number of hydrogen-bond acceptors (Lipinski definition) is 2. The Balaban J connectivity index is 1.95. The standard InChI is InChI=1S/C18H24N2/c1-13(2)14-7-9-18(19,10-8-14)17-12-20-11-15-5-3-4-6-16(15)17/h3-6,11-14H,7-10,19H2,1-2H3. The summed E-state index contributed by atoms with van der Waals surface area (Å²) in [6.07, 6.45) is 8.53. The van der Waals surface area contributed by atoms with Crippen LogP contribution in [0, 0.1) is 11.8 Å². The molecule has 1 aliphatic rings. The van der Waals surface area contributed by atoms with Gasteiger partial charge in [0.05, 0.1) is 0 Å². The van der Waals surface area contributed by atoms with Crippen molar-refractivity contribution in [3.8, 4) is 0 Å². The molecule has 1 fully saturated rings. The van der Waals surface area contributed by atoms with E-state index < -0.39 is 0 Å². The largest absolute Gasteiger partial charge is 0.321 e. The number of fused-ring (bicyclic) bond motifs is 1. The fourth-order valence-corrected chi connectivity index (χ4v) is 3.60. The van der Waals surface area contributed by atoms with E-state index in [2.05, 4.69) is 43.1 Å². The second-order valence-corrected chi connectivity index (χ2v) is 6.65. The van der Waals surface area contributed by atoms with Crippen LogP contribution >= 0.6 is 0 Å². The molecule has 1 aliphatic carbocycles. The Bertz CT molecular complexity index is 590. The average molecular weight is 268 g/mol.